The highest BCUT2D eigenvalue weighted by molar-refractivity contribution is 7.89. The Morgan fingerprint density at radius 1 is 1.19 bits per heavy atom. The van der Waals surface area contributed by atoms with Crippen LogP contribution >= 0.6 is 0 Å². The lowest BCUT2D eigenvalue weighted by atomic mass is 10.2. The summed E-state index contributed by atoms with van der Waals surface area (Å²) in [7, 11) is -2.49. The molecule has 1 amide bonds. The summed E-state index contributed by atoms with van der Waals surface area (Å²) in [5, 5.41) is 2.61. The van der Waals surface area contributed by atoms with Crippen molar-refractivity contribution >= 4 is 21.6 Å². The fraction of sp³-hybridized carbons (Fsp3) is 0.273. The topological polar surface area (TPSA) is 93.5 Å². The third-order valence-corrected chi connectivity index (χ3v) is 7.11. The molecule has 170 valence electrons. The van der Waals surface area contributed by atoms with Crippen molar-refractivity contribution in [2.45, 2.75) is 25.7 Å². The van der Waals surface area contributed by atoms with Crippen LogP contribution in [0.4, 0.5) is 10.1 Å². The molecule has 0 bridgehead atoms. The van der Waals surface area contributed by atoms with Gasteiger partial charge in [-0.2, -0.15) is 4.31 Å². The number of aromatic nitrogens is 2. The average Bonchev–Trinajstić information content (AvgIpc) is 3.19. The monoisotopic (exact) mass is 460 g/mol. The van der Waals surface area contributed by atoms with E-state index >= 15 is 0 Å². The number of amides is 1. The summed E-state index contributed by atoms with van der Waals surface area (Å²) >= 11 is 0. The van der Waals surface area contributed by atoms with E-state index in [0.717, 1.165) is 0 Å². The van der Waals surface area contributed by atoms with Crippen molar-refractivity contribution in [3.8, 4) is 11.4 Å². The Labute approximate surface area is 186 Å². The largest absolute Gasteiger partial charge is 0.495 e. The van der Waals surface area contributed by atoms with Crippen LogP contribution in [0.5, 0.6) is 5.75 Å². The fourth-order valence-electron chi connectivity index (χ4n) is 3.34. The van der Waals surface area contributed by atoms with E-state index in [4.69, 9.17) is 4.74 Å². The van der Waals surface area contributed by atoms with Gasteiger partial charge in [0.25, 0.3) is 5.91 Å². The van der Waals surface area contributed by atoms with E-state index in [-0.39, 0.29) is 35.0 Å². The lowest BCUT2D eigenvalue weighted by molar-refractivity contribution is 0.102. The number of sulfonamides is 1. The molecule has 2 aromatic carbocycles. The zero-order chi connectivity index (χ0) is 23.5. The number of anilines is 1. The predicted molar refractivity (Wildman–Crippen MR) is 119 cm³/mol. The summed E-state index contributed by atoms with van der Waals surface area (Å²) in [5.74, 6) is -0.349. The van der Waals surface area contributed by atoms with E-state index in [1.807, 2.05) is 0 Å². The number of hydrogen-bond donors (Lipinski definition) is 1. The summed E-state index contributed by atoms with van der Waals surface area (Å²) in [6.45, 7) is 5.77. The van der Waals surface area contributed by atoms with Crippen LogP contribution in [0.25, 0.3) is 5.69 Å². The number of nitrogens with one attached hydrogen (secondary N) is 1. The molecule has 0 unspecified atom stereocenters. The Kier molecular flexibility index (Phi) is 6.95. The van der Waals surface area contributed by atoms with Crippen molar-refractivity contribution in [3.63, 3.8) is 0 Å². The minimum absolute atomic E-state index is 0.103. The molecule has 3 aromatic rings. The molecule has 0 aliphatic rings. The van der Waals surface area contributed by atoms with Gasteiger partial charge in [0.15, 0.2) is 0 Å². The lowest BCUT2D eigenvalue weighted by Gasteiger charge is -2.20. The number of nitrogens with zero attached hydrogens (tertiary/aromatic N) is 3. The molecule has 3 rings (SSSR count). The summed E-state index contributed by atoms with van der Waals surface area (Å²) in [5.41, 5.74) is 0.638. The van der Waals surface area contributed by atoms with Gasteiger partial charge in [-0.25, -0.2) is 17.8 Å². The molecule has 0 fully saturated rings. The molecule has 10 heteroatoms. The molecule has 8 nitrogen and oxygen atoms in total. The molecular formula is C22H25FN4O4S. The number of benzene rings is 2. The van der Waals surface area contributed by atoms with Crippen molar-refractivity contribution in [1.82, 2.24) is 13.9 Å². The highest BCUT2D eigenvalue weighted by atomic mass is 32.2. The normalized spacial score (nSPS) is 11.6. The van der Waals surface area contributed by atoms with Gasteiger partial charge < -0.3 is 14.6 Å². The summed E-state index contributed by atoms with van der Waals surface area (Å²) < 4.78 is 48.7. The number of carbonyl (C=O) groups excluding carboxylic acids is 1. The maximum Gasteiger partial charge on any atom is 0.255 e. The van der Waals surface area contributed by atoms with Gasteiger partial charge in [0, 0.05) is 36.7 Å². The number of hydrogen-bond acceptors (Lipinski definition) is 5. The number of ether oxygens (including phenoxy) is 1. The SMILES string of the molecule is CCN(CC)S(=O)(=O)c1cc(C(=O)Nc2ccc(-n3ccnc3C)c(F)c2)ccc1OC. The number of carbonyl (C=O) groups is 1. The third-order valence-electron chi connectivity index (χ3n) is 5.04. The third kappa shape index (κ3) is 4.51. The quantitative estimate of drug-likeness (QED) is 0.554. The van der Waals surface area contributed by atoms with E-state index in [1.165, 1.54) is 41.7 Å². The summed E-state index contributed by atoms with van der Waals surface area (Å²) in [6.07, 6.45) is 3.21. The van der Waals surface area contributed by atoms with E-state index in [2.05, 4.69) is 10.3 Å². The molecule has 0 aliphatic carbocycles. The Morgan fingerprint density at radius 2 is 1.91 bits per heavy atom. The van der Waals surface area contributed by atoms with Crippen LogP contribution in [0, 0.1) is 12.7 Å². The van der Waals surface area contributed by atoms with E-state index in [9.17, 15) is 17.6 Å². The minimum atomic E-state index is -3.85. The second-order valence-corrected chi connectivity index (χ2v) is 8.83. The molecule has 0 saturated heterocycles. The summed E-state index contributed by atoms with van der Waals surface area (Å²) in [6, 6.07) is 8.44. The van der Waals surface area contributed by atoms with E-state index in [0.29, 0.717) is 11.5 Å². The van der Waals surface area contributed by atoms with Crippen LogP contribution in [-0.2, 0) is 10.0 Å². The maximum absolute atomic E-state index is 14.6. The molecule has 0 atom stereocenters. The van der Waals surface area contributed by atoms with Gasteiger partial charge in [-0.05, 0) is 43.3 Å². The van der Waals surface area contributed by atoms with Gasteiger partial charge in [-0.15, -0.1) is 0 Å². The molecule has 1 aromatic heterocycles. The van der Waals surface area contributed by atoms with Gasteiger partial charge in [-0.1, -0.05) is 13.8 Å². The molecule has 1 heterocycles. The molecule has 0 saturated carbocycles. The molecule has 0 radical (unpaired) electrons. The van der Waals surface area contributed by atoms with Gasteiger partial charge in [-0.3, -0.25) is 4.79 Å². The van der Waals surface area contributed by atoms with Crippen LogP contribution in [0.2, 0.25) is 0 Å². The standard InChI is InChI=1S/C22H25FN4O4S/c1-5-26(6-2)32(29,30)21-13-16(7-10-20(21)31-4)22(28)25-17-8-9-19(18(23)14-17)27-12-11-24-15(27)3/h7-14H,5-6H2,1-4H3,(H,25,28). The van der Waals surface area contributed by atoms with Crippen molar-refractivity contribution in [2.75, 3.05) is 25.5 Å². The Bertz CT molecular complexity index is 1240. The first-order valence-electron chi connectivity index (χ1n) is 10.0. The first-order chi connectivity index (χ1) is 15.2. The van der Waals surface area contributed by atoms with E-state index in [1.54, 1.807) is 43.8 Å². The minimum Gasteiger partial charge on any atom is -0.495 e. The molecule has 32 heavy (non-hydrogen) atoms. The fourth-order valence-corrected chi connectivity index (χ4v) is 4.98. The number of methoxy groups -OCH3 is 1. The average molecular weight is 461 g/mol. The Morgan fingerprint density at radius 3 is 2.47 bits per heavy atom. The van der Waals surface area contributed by atoms with Crippen LogP contribution in [-0.4, -0.2) is 48.4 Å². The van der Waals surface area contributed by atoms with Crippen LogP contribution in [0.1, 0.15) is 30.0 Å². The summed E-state index contributed by atoms with van der Waals surface area (Å²) in [4.78, 5) is 16.8. The predicted octanol–water partition coefficient (Wildman–Crippen LogP) is 3.61. The highest BCUT2D eigenvalue weighted by Crippen LogP contribution is 2.28. The van der Waals surface area contributed by atoms with Crippen LogP contribution in [0.3, 0.4) is 0 Å². The highest BCUT2D eigenvalue weighted by Gasteiger charge is 2.27. The smallest absolute Gasteiger partial charge is 0.255 e. The number of imidazole rings is 1. The van der Waals surface area contributed by atoms with E-state index < -0.39 is 21.7 Å². The number of aryl methyl sites for hydroxylation is 1. The second-order valence-electron chi connectivity index (χ2n) is 6.92. The van der Waals surface area contributed by atoms with Gasteiger partial charge >= 0.3 is 0 Å². The maximum atomic E-state index is 14.6. The molecule has 0 aliphatic heterocycles. The lowest BCUT2D eigenvalue weighted by Crippen LogP contribution is -2.31. The van der Waals surface area contributed by atoms with Gasteiger partial charge in [0.2, 0.25) is 10.0 Å². The van der Waals surface area contributed by atoms with Crippen molar-refractivity contribution in [1.29, 1.82) is 0 Å². The van der Waals surface area contributed by atoms with Crippen LogP contribution < -0.4 is 10.1 Å². The van der Waals surface area contributed by atoms with Crippen molar-refractivity contribution < 1.29 is 22.3 Å². The zero-order valence-corrected chi connectivity index (χ0v) is 19.1. The zero-order valence-electron chi connectivity index (χ0n) is 18.3. The second kappa shape index (κ2) is 9.49. The number of rotatable bonds is 8. The number of halogens is 1. The first-order valence-corrected chi connectivity index (χ1v) is 11.5. The Hall–Kier alpha value is -3.24. The van der Waals surface area contributed by atoms with Gasteiger partial charge in [0.1, 0.15) is 22.3 Å². The molecule has 0 spiro atoms. The Balaban J connectivity index is 1.90. The van der Waals surface area contributed by atoms with Crippen molar-refractivity contribution in [2.24, 2.45) is 0 Å². The first kappa shape index (κ1) is 23.4. The van der Waals surface area contributed by atoms with Crippen LogP contribution in [0.15, 0.2) is 53.7 Å². The molecule has 1 N–H and O–H groups in total. The molecular weight excluding hydrogens is 435 g/mol. The van der Waals surface area contributed by atoms with Gasteiger partial charge in [0.05, 0.1) is 12.8 Å². The van der Waals surface area contributed by atoms with Crippen molar-refractivity contribution in [3.05, 3.63) is 66.0 Å².